The number of hydrogen-bond acceptors (Lipinski definition) is 7. The number of hydrogen-bond donors (Lipinski definition) is 0. The number of amides is 1. The Balaban J connectivity index is 1.31. The molecule has 1 amide bonds. The summed E-state index contributed by atoms with van der Waals surface area (Å²) in [5.41, 5.74) is 2.39. The second-order valence-electron chi connectivity index (χ2n) is 8.21. The van der Waals surface area contributed by atoms with E-state index in [2.05, 4.69) is 36.9 Å². The molecule has 1 saturated heterocycles. The van der Waals surface area contributed by atoms with Crippen molar-refractivity contribution < 1.29 is 9.72 Å². The molecule has 3 heterocycles. The average Bonchev–Trinajstić information content (AvgIpc) is 3.42. The van der Waals surface area contributed by atoms with Crippen LogP contribution in [0.25, 0.3) is 20.3 Å². The topological polar surface area (TPSA) is 79.6 Å². The maximum Gasteiger partial charge on any atom is 0.270 e. The summed E-state index contributed by atoms with van der Waals surface area (Å²) in [7, 11) is 0. The third-order valence-corrected chi connectivity index (χ3v) is 8.01. The quantitative estimate of drug-likeness (QED) is 0.293. The van der Waals surface area contributed by atoms with E-state index in [1.807, 2.05) is 4.90 Å². The molecule has 32 heavy (non-hydrogen) atoms. The van der Waals surface area contributed by atoms with E-state index in [9.17, 15) is 14.9 Å². The minimum absolute atomic E-state index is 0.0140. The number of rotatable bonds is 4. The molecule has 0 atom stereocenters. The van der Waals surface area contributed by atoms with Crippen molar-refractivity contribution in [3.05, 3.63) is 63.0 Å². The number of benzene rings is 2. The first-order chi connectivity index (χ1) is 15.4. The van der Waals surface area contributed by atoms with Crippen LogP contribution < -0.4 is 4.90 Å². The number of fused-ring (bicyclic) bond motifs is 2. The van der Waals surface area contributed by atoms with Crippen molar-refractivity contribution >= 4 is 59.7 Å². The summed E-state index contributed by atoms with van der Waals surface area (Å²) in [6, 6.07) is 12.8. The van der Waals surface area contributed by atoms with Crippen LogP contribution in [0.15, 0.2) is 42.5 Å². The Morgan fingerprint density at radius 3 is 2.56 bits per heavy atom. The smallest absolute Gasteiger partial charge is 0.270 e. The zero-order chi connectivity index (χ0) is 22.4. The highest BCUT2D eigenvalue weighted by molar-refractivity contribution is 7.22. The van der Waals surface area contributed by atoms with Crippen molar-refractivity contribution in [3.63, 3.8) is 0 Å². The second-order valence-corrected chi connectivity index (χ2v) is 10.3. The summed E-state index contributed by atoms with van der Waals surface area (Å²) in [5, 5.41) is 12.8. The van der Waals surface area contributed by atoms with E-state index in [0.717, 1.165) is 33.8 Å². The van der Waals surface area contributed by atoms with Crippen LogP contribution in [-0.2, 0) is 0 Å². The van der Waals surface area contributed by atoms with Gasteiger partial charge in [0.05, 0.1) is 20.0 Å². The number of carbonyl (C=O) groups excluding carboxylic acids is 1. The molecule has 0 N–H and O–H groups in total. The zero-order valence-electron chi connectivity index (χ0n) is 17.8. The number of aromatic nitrogens is 1. The lowest BCUT2D eigenvalue weighted by Gasteiger charge is -2.34. The summed E-state index contributed by atoms with van der Waals surface area (Å²) in [4.78, 5) is 33.3. The van der Waals surface area contributed by atoms with Gasteiger partial charge in [0.1, 0.15) is 0 Å². The first kappa shape index (κ1) is 20.8. The maximum atomic E-state index is 13.1. The van der Waals surface area contributed by atoms with E-state index in [-0.39, 0.29) is 11.6 Å². The minimum Gasteiger partial charge on any atom is -0.345 e. The second kappa shape index (κ2) is 8.14. The van der Waals surface area contributed by atoms with E-state index in [1.165, 1.54) is 33.7 Å². The van der Waals surface area contributed by atoms with Gasteiger partial charge in [-0.2, -0.15) is 0 Å². The van der Waals surface area contributed by atoms with Crippen LogP contribution in [0, 0.1) is 10.1 Å². The summed E-state index contributed by atoms with van der Waals surface area (Å²) >= 11 is 3.09. The van der Waals surface area contributed by atoms with E-state index in [4.69, 9.17) is 4.98 Å². The average molecular weight is 467 g/mol. The first-order valence-corrected chi connectivity index (χ1v) is 12.2. The maximum absolute atomic E-state index is 13.1. The molecular formula is C23H22N4O3S2. The van der Waals surface area contributed by atoms with Crippen LogP contribution in [0.2, 0.25) is 0 Å². The van der Waals surface area contributed by atoms with Gasteiger partial charge in [-0.3, -0.25) is 14.9 Å². The standard InChI is InChI=1S/C23H22N4O3S2/c1-14(2)17-4-3-5-19-21(17)24-23(32-19)26-10-8-25(9-11-26)22(28)20-13-15-12-16(27(29)30)6-7-18(15)31-20/h3-7,12-14H,8-11H2,1-2H3. The normalized spacial score (nSPS) is 14.6. The van der Waals surface area contributed by atoms with Gasteiger partial charge in [0, 0.05) is 48.4 Å². The Labute approximate surface area is 193 Å². The lowest BCUT2D eigenvalue weighted by atomic mass is 10.0. The lowest BCUT2D eigenvalue weighted by Crippen LogP contribution is -2.48. The Morgan fingerprint density at radius 2 is 1.84 bits per heavy atom. The predicted molar refractivity (Wildman–Crippen MR) is 130 cm³/mol. The van der Waals surface area contributed by atoms with Gasteiger partial charge in [-0.15, -0.1) is 11.3 Å². The highest BCUT2D eigenvalue weighted by Gasteiger charge is 2.25. The van der Waals surface area contributed by atoms with Crippen molar-refractivity contribution in [1.29, 1.82) is 0 Å². The number of para-hydroxylation sites is 1. The van der Waals surface area contributed by atoms with Gasteiger partial charge in [0.15, 0.2) is 5.13 Å². The molecule has 164 valence electrons. The van der Waals surface area contributed by atoms with Crippen LogP contribution in [0.5, 0.6) is 0 Å². The van der Waals surface area contributed by atoms with Gasteiger partial charge in [-0.1, -0.05) is 37.3 Å². The van der Waals surface area contributed by atoms with Gasteiger partial charge < -0.3 is 9.80 Å². The first-order valence-electron chi connectivity index (χ1n) is 10.5. The van der Waals surface area contributed by atoms with E-state index in [1.54, 1.807) is 23.5 Å². The molecule has 4 aromatic rings. The van der Waals surface area contributed by atoms with Gasteiger partial charge in [-0.05, 0) is 29.7 Å². The summed E-state index contributed by atoms with van der Waals surface area (Å²) in [6.07, 6.45) is 0. The molecule has 2 aromatic heterocycles. The van der Waals surface area contributed by atoms with Gasteiger partial charge in [0.2, 0.25) is 0 Å². The fourth-order valence-electron chi connectivity index (χ4n) is 4.07. The van der Waals surface area contributed by atoms with Crippen molar-refractivity contribution in [2.45, 2.75) is 19.8 Å². The number of nitro benzene ring substituents is 1. The van der Waals surface area contributed by atoms with Crippen molar-refractivity contribution in [1.82, 2.24) is 9.88 Å². The molecule has 2 aromatic carbocycles. The Hall–Kier alpha value is -3.04. The van der Waals surface area contributed by atoms with E-state index >= 15 is 0 Å². The third kappa shape index (κ3) is 3.71. The summed E-state index contributed by atoms with van der Waals surface area (Å²) < 4.78 is 2.08. The number of carbonyl (C=O) groups is 1. The molecule has 1 aliphatic heterocycles. The molecular weight excluding hydrogens is 444 g/mol. The van der Waals surface area contributed by atoms with Crippen LogP contribution in [-0.4, -0.2) is 46.9 Å². The number of non-ortho nitro benzene ring substituents is 1. The van der Waals surface area contributed by atoms with Crippen molar-refractivity contribution in [2.75, 3.05) is 31.1 Å². The number of nitro groups is 1. The lowest BCUT2D eigenvalue weighted by molar-refractivity contribution is -0.384. The van der Waals surface area contributed by atoms with Crippen LogP contribution >= 0.6 is 22.7 Å². The van der Waals surface area contributed by atoms with Crippen LogP contribution in [0.4, 0.5) is 10.8 Å². The van der Waals surface area contributed by atoms with E-state index < -0.39 is 4.92 Å². The third-order valence-electron chi connectivity index (χ3n) is 5.82. The van der Waals surface area contributed by atoms with Crippen LogP contribution in [0.1, 0.15) is 35.0 Å². The molecule has 0 saturated carbocycles. The molecule has 7 nitrogen and oxygen atoms in total. The van der Waals surface area contributed by atoms with Gasteiger partial charge >= 0.3 is 0 Å². The number of piperazine rings is 1. The highest BCUT2D eigenvalue weighted by Crippen LogP contribution is 2.34. The molecule has 5 rings (SSSR count). The fraction of sp³-hybridized carbons (Fsp3) is 0.304. The Kier molecular flexibility index (Phi) is 5.30. The van der Waals surface area contributed by atoms with Gasteiger partial charge in [0.25, 0.3) is 11.6 Å². The molecule has 0 aliphatic carbocycles. The van der Waals surface area contributed by atoms with Crippen molar-refractivity contribution in [2.24, 2.45) is 0 Å². The zero-order valence-corrected chi connectivity index (χ0v) is 19.4. The number of thiophene rings is 1. The highest BCUT2D eigenvalue weighted by atomic mass is 32.1. The predicted octanol–water partition coefficient (Wildman–Crippen LogP) is 5.51. The molecule has 0 spiro atoms. The van der Waals surface area contributed by atoms with Gasteiger partial charge in [-0.25, -0.2) is 4.98 Å². The van der Waals surface area contributed by atoms with Crippen LogP contribution in [0.3, 0.4) is 0 Å². The summed E-state index contributed by atoms with van der Waals surface area (Å²) in [6.45, 7) is 7.09. The monoisotopic (exact) mass is 466 g/mol. The van der Waals surface area contributed by atoms with Crippen molar-refractivity contribution in [3.8, 4) is 0 Å². The Morgan fingerprint density at radius 1 is 1.06 bits per heavy atom. The van der Waals surface area contributed by atoms with E-state index in [0.29, 0.717) is 23.9 Å². The fourth-order valence-corrected chi connectivity index (χ4v) is 6.13. The number of thiazole rings is 1. The largest absolute Gasteiger partial charge is 0.345 e. The molecule has 1 fully saturated rings. The molecule has 0 unspecified atom stereocenters. The summed E-state index contributed by atoms with van der Waals surface area (Å²) in [5.74, 6) is 0.408. The number of nitrogens with zero attached hydrogens (tertiary/aromatic N) is 4. The SMILES string of the molecule is CC(C)c1cccc2sc(N3CCN(C(=O)c4cc5cc([N+](=O)[O-])ccc5s4)CC3)nc12. The Bertz CT molecular complexity index is 1340. The molecule has 1 aliphatic rings. The number of anilines is 1. The molecule has 0 bridgehead atoms. The molecule has 9 heteroatoms. The minimum atomic E-state index is -0.413. The molecule has 0 radical (unpaired) electrons.